The summed E-state index contributed by atoms with van der Waals surface area (Å²) in [5.74, 6) is 1.71. The summed E-state index contributed by atoms with van der Waals surface area (Å²) in [7, 11) is 5.50. The molecule has 3 N–H and O–H groups in total. The van der Waals surface area contributed by atoms with Crippen molar-refractivity contribution in [1.29, 1.82) is 0 Å². The van der Waals surface area contributed by atoms with Gasteiger partial charge in [0.1, 0.15) is 5.82 Å². The Balaban J connectivity index is 1.52. The van der Waals surface area contributed by atoms with Gasteiger partial charge in [0, 0.05) is 40.0 Å². The van der Waals surface area contributed by atoms with Crippen molar-refractivity contribution in [3.8, 4) is 11.3 Å². The number of aliphatic imine (C=N–C) groups is 1. The van der Waals surface area contributed by atoms with E-state index in [9.17, 15) is 0 Å². The molecule has 0 saturated heterocycles. The number of rotatable bonds is 9. The molecule has 0 atom stereocenters. The molecule has 0 aliphatic rings. The van der Waals surface area contributed by atoms with Crippen LogP contribution in [0, 0.1) is 0 Å². The molecule has 3 rings (SSSR count). The van der Waals surface area contributed by atoms with E-state index in [2.05, 4.69) is 62.0 Å². The molecule has 1 heterocycles. The zero-order valence-electron chi connectivity index (χ0n) is 17.9. The van der Waals surface area contributed by atoms with E-state index in [0.717, 1.165) is 35.3 Å². The van der Waals surface area contributed by atoms with E-state index >= 15 is 0 Å². The normalized spacial score (nSPS) is 11.4. The van der Waals surface area contributed by atoms with Crippen molar-refractivity contribution in [2.75, 3.05) is 39.7 Å². The van der Waals surface area contributed by atoms with Crippen LogP contribution in [0.5, 0.6) is 0 Å². The number of ether oxygens (including phenoxy) is 1. The monoisotopic (exact) mass is 406 g/mol. The summed E-state index contributed by atoms with van der Waals surface area (Å²) in [5.41, 5.74) is 4.42. The Morgan fingerprint density at radius 1 is 1.13 bits per heavy atom. The first kappa shape index (κ1) is 21.4. The summed E-state index contributed by atoms with van der Waals surface area (Å²) in [4.78, 5) is 14.3. The average molecular weight is 407 g/mol. The lowest BCUT2D eigenvalue weighted by Gasteiger charge is -2.21. The molecule has 30 heavy (non-hydrogen) atoms. The number of anilines is 1. The van der Waals surface area contributed by atoms with Gasteiger partial charge >= 0.3 is 0 Å². The van der Waals surface area contributed by atoms with Crippen LogP contribution in [0.15, 0.2) is 65.8 Å². The molecule has 3 aromatic rings. The van der Waals surface area contributed by atoms with E-state index in [1.165, 1.54) is 5.56 Å². The van der Waals surface area contributed by atoms with Crippen molar-refractivity contribution in [1.82, 2.24) is 20.2 Å². The Hall–Kier alpha value is -3.32. The first-order valence-electron chi connectivity index (χ1n) is 10.0. The number of aromatic amines is 1. The molecule has 0 aliphatic carbocycles. The second-order valence-corrected chi connectivity index (χ2v) is 6.98. The van der Waals surface area contributed by atoms with Crippen LogP contribution in [0.25, 0.3) is 11.3 Å². The third-order valence-electron chi connectivity index (χ3n) is 4.71. The van der Waals surface area contributed by atoms with Gasteiger partial charge in [-0.1, -0.05) is 42.5 Å². The number of nitrogens with one attached hydrogen (secondary N) is 3. The Bertz CT molecular complexity index is 920. The number of hydrogen-bond acceptors (Lipinski definition) is 4. The molecule has 7 nitrogen and oxygen atoms in total. The molecule has 0 radical (unpaired) electrons. The number of nitrogens with zero attached hydrogens (tertiary/aromatic N) is 3. The first-order valence-corrected chi connectivity index (χ1v) is 10.0. The number of H-pyrrole nitrogens is 1. The zero-order valence-corrected chi connectivity index (χ0v) is 17.9. The van der Waals surface area contributed by atoms with Crippen LogP contribution >= 0.6 is 0 Å². The zero-order chi connectivity index (χ0) is 21.2. The maximum Gasteiger partial charge on any atom is 0.194 e. The summed E-state index contributed by atoms with van der Waals surface area (Å²) in [6, 6.07) is 18.6. The molecular formula is C23H30N6O. The van der Waals surface area contributed by atoms with E-state index in [1.807, 2.05) is 36.3 Å². The third kappa shape index (κ3) is 6.09. The Morgan fingerprint density at radius 3 is 2.60 bits per heavy atom. The maximum atomic E-state index is 5.06. The predicted octanol–water partition coefficient (Wildman–Crippen LogP) is 3.34. The van der Waals surface area contributed by atoms with E-state index in [4.69, 9.17) is 4.74 Å². The Kier molecular flexibility index (Phi) is 7.86. The second-order valence-electron chi connectivity index (χ2n) is 6.98. The lowest BCUT2D eigenvalue weighted by atomic mass is 10.2. The van der Waals surface area contributed by atoms with E-state index < -0.39 is 0 Å². The van der Waals surface area contributed by atoms with Gasteiger partial charge in [-0.05, 0) is 23.3 Å². The molecule has 0 saturated carbocycles. The summed E-state index contributed by atoms with van der Waals surface area (Å²) < 4.78 is 5.06. The largest absolute Gasteiger partial charge is 0.383 e. The van der Waals surface area contributed by atoms with Gasteiger partial charge in [0.05, 0.1) is 25.0 Å². The van der Waals surface area contributed by atoms with Crippen LogP contribution in [-0.2, 0) is 17.8 Å². The molecule has 7 heteroatoms. The Labute approximate surface area is 178 Å². The van der Waals surface area contributed by atoms with Gasteiger partial charge in [-0.2, -0.15) is 0 Å². The SMILES string of the molecule is CN=C(NCc1ccc(NCCOC)cc1)N(C)Cc1ncc(-c2ccccc2)[nH]1. The molecule has 0 aliphatic heterocycles. The van der Waals surface area contributed by atoms with Crippen LogP contribution in [0.1, 0.15) is 11.4 Å². The third-order valence-corrected chi connectivity index (χ3v) is 4.71. The summed E-state index contributed by atoms with van der Waals surface area (Å²) in [6.07, 6.45) is 1.87. The average Bonchev–Trinajstić information content (AvgIpc) is 3.24. The number of imidazole rings is 1. The minimum atomic E-state index is 0.634. The van der Waals surface area contributed by atoms with Crippen molar-refractivity contribution in [2.24, 2.45) is 4.99 Å². The number of guanidine groups is 1. The van der Waals surface area contributed by atoms with Gasteiger partial charge in [-0.25, -0.2) is 4.98 Å². The smallest absolute Gasteiger partial charge is 0.194 e. The van der Waals surface area contributed by atoms with Gasteiger partial charge < -0.3 is 25.3 Å². The molecule has 158 valence electrons. The van der Waals surface area contributed by atoms with Crippen molar-refractivity contribution < 1.29 is 4.74 Å². The lowest BCUT2D eigenvalue weighted by Crippen LogP contribution is -2.38. The predicted molar refractivity (Wildman–Crippen MR) is 122 cm³/mol. The van der Waals surface area contributed by atoms with Crippen LogP contribution in [0.3, 0.4) is 0 Å². The van der Waals surface area contributed by atoms with Crippen LogP contribution in [-0.4, -0.2) is 55.2 Å². The highest BCUT2D eigenvalue weighted by molar-refractivity contribution is 5.79. The topological polar surface area (TPSA) is 77.6 Å². The summed E-state index contributed by atoms with van der Waals surface area (Å²) in [5, 5.41) is 6.73. The van der Waals surface area contributed by atoms with Gasteiger partial charge in [-0.3, -0.25) is 4.99 Å². The molecule has 0 spiro atoms. The number of aromatic nitrogens is 2. The second kappa shape index (κ2) is 11.0. The molecule has 1 aromatic heterocycles. The molecule has 0 amide bonds. The van der Waals surface area contributed by atoms with E-state index in [0.29, 0.717) is 19.7 Å². The Morgan fingerprint density at radius 2 is 1.90 bits per heavy atom. The van der Waals surface area contributed by atoms with Crippen molar-refractivity contribution in [3.63, 3.8) is 0 Å². The van der Waals surface area contributed by atoms with Crippen molar-refractivity contribution in [3.05, 3.63) is 72.2 Å². The van der Waals surface area contributed by atoms with E-state index in [1.54, 1.807) is 14.2 Å². The fourth-order valence-electron chi connectivity index (χ4n) is 3.11. The lowest BCUT2D eigenvalue weighted by molar-refractivity contribution is 0.211. The van der Waals surface area contributed by atoms with Crippen molar-refractivity contribution in [2.45, 2.75) is 13.1 Å². The van der Waals surface area contributed by atoms with Crippen LogP contribution in [0.2, 0.25) is 0 Å². The highest BCUT2D eigenvalue weighted by Gasteiger charge is 2.10. The fourth-order valence-corrected chi connectivity index (χ4v) is 3.11. The van der Waals surface area contributed by atoms with Crippen LogP contribution in [0.4, 0.5) is 5.69 Å². The van der Waals surface area contributed by atoms with Gasteiger partial charge in [0.2, 0.25) is 0 Å². The minimum Gasteiger partial charge on any atom is -0.383 e. The van der Waals surface area contributed by atoms with Gasteiger partial charge in [-0.15, -0.1) is 0 Å². The molecule has 0 bridgehead atoms. The van der Waals surface area contributed by atoms with E-state index in [-0.39, 0.29) is 0 Å². The quantitative estimate of drug-likeness (QED) is 0.289. The highest BCUT2D eigenvalue weighted by Crippen LogP contribution is 2.16. The maximum absolute atomic E-state index is 5.06. The molecule has 0 fully saturated rings. The first-order chi connectivity index (χ1) is 14.7. The van der Waals surface area contributed by atoms with Gasteiger partial charge in [0.25, 0.3) is 0 Å². The molecule has 0 unspecified atom stereocenters. The minimum absolute atomic E-state index is 0.634. The van der Waals surface area contributed by atoms with Gasteiger partial charge in [0.15, 0.2) is 5.96 Å². The molecular weight excluding hydrogens is 376 g/mol. The number of methoxy groups -OCH3 is 1. The number of hydrogen-bond donors (Lipinski definition) is 3. The molecule has 2 aromatic carbocycles. The highest BCUT2D eigenvalue weighted by atomic mass is 16.5. The van der Waals surface area contributed by atoms with Crippen LogP contribution < -0.4 is 10.6 Å². The summed E-state index contributed by atoms with van der Waals surface area (Å²) >= 11 is 0. The summed E-state index contributed by atoms with van der Waals surface area (Å²) in [6.45, 7) is 2.82. The number of benzene rings is 2. The van der Waals surface area contributed by atoms with Crippen molar-refractivity contribution >= 4 is 11.6 Å². The fraction of sp³-hybridized carbons (Fsp3) is 0.304. The standard InChI is InChI=1S/C23H30N6O/c1-24-23(27-15-18-9-11-20(12-10-18)25-13-14-30-3)29(2)17-22-26-16-21(28-22)19-7-5-4-6-8-19/h4-12,16,25H,13-15,17H2,1-3H3,(H,24,27)(H,26,28).